The molecule has 0 aromatic rings. The number of nitrogens with two attached hydrogens (primary N) is 1. The summed E-state index contributed by atoms with van der Waals surface area (Å²) in [5.41, 5.74) is 5.27. The highest BCUT2D eigenvalue weighted by molar-refractivity contribution is 6.08. The monoisotopic (exact) mass is 350 g/mol. The highest BCUT2D eigenvalue weighted by Crippen LogP contribution is 2.39. The second kappa shape index (κ2) is 6.94. The van der Waals surface area contributed by atoms with Gasteiger partial charge in [-0.15, -0.1) is 0 Å². The van der Waals surface area contributed by atoms with Crippen molar-refractivity contribution in [3.63, 3.8) is 0 Å². The van der Waals surface area contributed by atoms with E-state index >= 15 is 0 Å². The lowest BCUT2D eigenvalue weighted by molar-refractivity contribution is -0.141. The second-order valence-electron chi connectivity index (χ2n) is 7.93. The van der Waals surface area contributed by atoms with Crippen LogP contribution in [-0.2, 0) is 9.59 Å². The van der Waals surface area contributed by atoms with Crippen LogP contribution >= 0.6 is 0 Å². The molecule has 0 aromatic carbocycles. The van der Waals surface area contributed by atoms with Crippen LogP contribution in [0.25, 0.3) is 0 Å². The molecule has 3 fully saturated rings. The summed E-state index contributed by atoms with van der Waals surface area (Å²) >= 11 is 0. The minimum Gasteiger partial charge on any atom is -0.341 e. The predicted molar refractivity (Wildman–Crippen MR) is 93.6 cm³/mol. The van der Waals surface area contributed by atoms with Crippen LogP contribution in [0.2, 0.25) is 0 Å². The summed E-state index contributed by atoms with van der Waals surface area (Å²) in [6.07, 6.45) is 6.35. The topological polar surface area (TPSA) is 86.9 Å². The Balaban J connectivity index is 1.69. The van der Waals surface area contributed by atoms with Gasteiger partial charge in [0.2, 0.25) is 5.91 Å². The largest absolute Gasteiger partial charge is 0.341 e. The van der Waals surface area contributed by atoms with E-state index in [9.17, 15) is 14.4 Å². The maximum Gasteiger partial charge on any atom is 0.327 e. The Hall–Kier alpha value is -1.63. The molecule has 1 saturated carbocycles. The van der Waals surface area contributed by atoms with Gasteiger partial charge in [0, 0.05) is 26.2 Å². The van der Waals surface area contributed by atoms with Crippen molar-refractivity contribution in [3.05, 3.63) is 0 Å². The van der Waals surface area contributed by atoms with Crippen LogP contribution in [-0.4, -0.2) is 70.8 Å². The van der Waals surface area contributed by atoms with Gasteiger partial charge >= 0.3 is 6.03 Å². The Kier molecular flexibility index (Phi) is 5.04. The zero-order valence-corrected chi connectivity index (χ0v) is 15.4. The summed E-state index contributed by atoms with van der Waals surface area (Å²) in [6.45, 7) is 3.12. The molecule has 2 aliphatic heterocycles. The number of imide groups is 1. The van der Waals surface area contributed by atoms with Crippen LogP contribution < -0.4 is 5.73 Å². The number of likely N-dealkylation sites (tertiary alicyclic amines) is 1. The van der Waals surface area contributed by atoms with Gasteiger partial charge in [-0.05, 0) is 38.5 Å². The van der Waals surface area contributed by atoms with Crippen molar-refractivity contribution in [2.24, 2.45) is 11.7 Å². The Bertz CT molecular complexity index is 557. The summed E-state index contributed by atoms with van der Waals surface area (Å²) < 4.78 is 0. The van der Waals surface area contributed by atoms with Crippen LogP contribution in [0.5, 0.6) is 0 Å². The van der Waals surface area contributed by atoms with Crippen LogP contribution in [0.4, 0.5) is 4.79 Å². The van der Waals surface area contributed by atoms with Crippen molar-refractivity contribution in [2.75, 3.05) is 26.7 Å². The van der Waals surface area contributed by atoms with Crippen molar-refractivity contribution in [2.45, 2.75) is 63.5 Å². The molecule has 2 atom stereocenters. The van der Waals surface area contributed by atoms with Crippen molar-refractivity contribution in [1.29, 1.82) is 0 Å². The van der Waals surface area contributed by atoms with E-state index in [2.05, 4.69) is 0 Å². The van der Waals surface area contributed by atoms with Crippen LogP contribution in [0, 0.1) is 5.92 Å². The van der Waals surface area contributed by atoms with E-state index in [-0.39, 0.29) is 36.3 Å². The lowest BCUT2D eigenvalue weighted by atomic mass is 9.81. The van der Waals surface area contributed by atoms with E-state index in [0.717, 1.165) is 32.1 Å². The van der Waals surface area contributed by atoms with Crippen molar-refractivity contribution in [3.8, 4) is 0 Å². The number of carbonyl (C=O) groups is 3. The number of carbonyl (C=O) groups excluding carboxylic acids is 3. The predicted octanol–water partition coefficient (Wildman–Crippen LogP) is 1.17. The SMILES string of the molecule is CC(N)C1CCCN(C(=O)CN2C(=O)N(C)C3(CCCCC3)C2=O)C1. The molecule has 1 aliphatic carbocycles. The first-order valence-electron chi connectivity index (χ1n) is 9.50. The summed E-state index contributed by atoms with van der Waals surface area (Å²) in [4.78, 5) is 42.8. The molecule has 0 radical (unpaired) electrons. The number of amides is 4. The lowest BCUT2D eigenvalue weighted by Gasteiger charge is -2.36. The van der Waals surface area contributed by atoms with Crippen molar-refractivity contribution in [1.82, 2.24) is 14.7 Å². The Morgan fingerprint density at radius 2 is 1.92 bits per heavy atom. The van der Waals surface area contributed by atoms with E-state index in [0.29, 0.717) is 25.9 Å². The summed E-state index contributed by atoms with van der Waals surface area (Å²) in [5.74, 6) is -0.0443. The van der Waals surface area contributed by atoms with Gasteiger partial charge in [0.05, 0.1) is 0 Å². The van der Waals surface area contributed by atoms with Crippen molar-refractivity contribution >= 4 is 17.8 Å². The molecule has 2 saturated heterocycles. The average Bonchev–Trinajstić information content (AvgIpc) is 2.79. The summed E-state index contributed by atoms with van der Waals surface area (Å²) in [5, 5.41) is 0. The zero-order chi connectivity index (χ0) is 18.2. The van der Waals surface area contributed by atoms with Gasteiger partial charge in [-0.3, -0.25) is 14.5 Å². The van der Waals surface area contributed by atoms with Gasteiger partial charge in [0.25, 0.3) is 5.91 Å². The van der Waals surface area contributed by atoms with Gasteiger partial charge in [-0.25, -0.2) is 4.79 Å². The fraction of sp³-hybridized carbons (Fsp3) is 0.833. The molecule has 7 nitrogen and oxygen atoms in total. The van der Waals surface area contributed by atoms with E-state index in [4.69, 9.17) is 5.73 Å². The number of rotatable bonds is 3. The summed E-state index contributed by atoms with van der Waals surface area (Å²) in [6, 6.07) is -0.289. The molecular weight excluding hydrogens is 320 g/mol. The zero-order valence-electron chi connectivity index (χ0n) is 15.4. The molecule has 2 N–H and O–H groups in total. The van der Waals surface area contributed by atoms with Gasteiger partial charge < -0.3 is 15.5 Å². The van der Waals surface area contributed by atoms with Gasteiger partial charge in [0.15, 0.2) is 0 Å². The molecule has 1 spiro atoms. The Morgan fingerprint density at radius 3 is 2.56 bits per heavy atom. The highest BCUT2D eigenvalue weighted by Gasteiger charge is 2.56. The summed E-state index contributed by atoms with van der Waals surface area (Å²) in [7, 11) is 1.70. The minimum absolute atomic E-state index is 0.0438. The molecule has 7 heteroatoms. The van der Waals surface area contributed by atoms with Crippen LogP contribution in [0.15, 0.2) is 0 Å². The quantitative estimate of drug-likeness (QED) is 0.774. The van der Waals surface area contributed by atoms with Gasteiger partial charge in [0.1, 0.15) is 12.1 Å². The maximum absolute atomic E-state index is 13.0. The third-order valence-corrected chi connectivity index (χ3v) is 6.33. The highest BCUT2D eigenvalue weighted by atomic mass is 16.2. The number of piperidine rings is 1. The Labute approximate surface area is 149 Å². The first-order valence-corrected chi connectivity index (χ1v) is 9.50. The number of nitrogens with zero attached hydrogens (tertiary/aromatic N) is 3. The molecule has 2 unspecified atom stereocenters. The minimum atomic E-state index is -0.716. The molecule has 140 valence electrons. The Morgan fingerprint density at radius 1 is 1.24 bits per heavy atom. The van der Waals surface area contributed by atoms with E-state index < -0.39 is 5.54 Å². The molecule has 25 heavy (non-hydrogen) atoms. The maximum atomic E-state index is 13.0. The van der Waals surface area contributed by atoms with E-state index in [1.54, 1.807) is 16.8 Å². The van der Waals surface area contributed by atoms with Crippen LogP contribution in [0.1, 0.15) is 51.9 Å². The van der Waals surface area contributed by atoms with E-state index in [1.165, 1.54) is 4.90 Å². The third kappa shape index (κ3) is 3.14. The number of likely N-dealkylation sites (N-methyl/N-ethyl adjacent to an activating group) is 1. The third-order valence-electron chi connectivity index (χ3n) is 6.33. The average molecular weight is 350 g/mol. The molecule has 3 aliphatic rings. The molecule has 4 amide bonds. The molecular formula is C18H30N4O3. The van der Waals surface area contributed by atoms with E-state index in [1.807, 2.05) is 6.92 Å². The lowest BCUT2D eigenvalue weighted by Crippen LogP contribution is -2.51. The first kappa shape index (κ1) is 18.2. The fourth-order valence-corrected chi connectivity index (χ4v) is 4.57. The van der Waals surface area contributed by atoms with Gasteiger partial charge in [-0.1, -0.05) is 19.3 Å². The molecule has 0 aromatic heterocycles. The molecule has 2 heterocycles. The number of hydrogen-bond donors (Lipinski definition) is 1. The standard InChI is InChI=1S/C18H30N4O3/c1-13(19)14-7-6-10-21(11-14)15(23)12-22-16(24)18(20(2)17(22)25)8-4-3-5-9-18/h13-14H,3-12,19H2,1-2H3. The smallest absolute Gasteiger partial charge is 0.327 e. The molecule has 0 bridgehead atoms. The normalized spacial score (nSPS) is 28.0. The van der Waals surface area contributed by atoms with Crippen LogP contribution in [0.3, 0.4) is 0 Å². The second-order valence-corrected chi connectivity index (χ2v) is 7.93. The first-order chi connectivity index (χ1) is 11.9. The van der Waals surface area contributed by atoms with Gasteiger partial charge in [-0.2, -0.15) is 0 Å². The molecule has 3 rings (SSSR count). The fourth-order valence-electron chi connectivity index (χ4n) is 4.57. The number of hydrogen-bond acceptors (Lipinski definition) is 4. The number of urea groups is 1. The van der Waals surface area contributed by atoms with Crippen molar-refractivity contribution < 1.29 is 14.4 Å².